The summed E-state index contributed by atoms with van der Waals surface area (Å²) in [5, 5.41) is 3.32. The lowest BCUT2D eigenvalue weighted by Gasteiger charge is -2.21. The van der Waals surface area contributed by atoms with Crippen LogP contribution in [-0.2, 0) is 0 Å². The molecule has 0 aliphatic carbocycles. The molecule has 1 aliphatic heterocycles. The van der Waals surface area contributed by atoms with Gasteiger partial charge in [-0.3, -0.25) is 0 Å². The number of hydrogen-bond acceptors (Lipinski definition) is 1. The molecule has 1 unspecified atom stereocenters. The number of hydrogen-bond donors (Lipinski definition) is 1. The molecule has 1 fully saturated rings. The summed E-state index contributed by atoms with van der Waals surface area (Å²) in [6.45, 7) is 8.70. The van der Waals surface area contributed by atoms with Crippen LogP contribution in [0.3, 0.4) is 0 Å². The minimum Gasteiger partial charge on any atom is -0.310 e. The second-order valence-electron chi connectivity index (χ2n) is 2.50. The molecule has 0 spiro atoms. The predicted molar refractivity (Wildman–Crippen MR) is 40.4 cm³/mol. The highest BCUT2D eigenvalue weighted by Gasteiger charge is 2.10. The second kappa shape index (κ2) is 2.83. The van der Waals surface area contributed by atoms with Crippen molar-refractivity contribution in [1.29, 1.82) is 0 Å². The fourth-order valence-corrected chi connectivity index (χ4v) is 1.09. The van der Waals surface area contributed by atoms with Gasteiger partial charge in [-0.05, 0) is 19.4 Å². The molecule has 0 aromatic rings. The van der Waals surface area contributed by atoms with Crippen molar-refractivity contribution in [3.05, 3.63) is 24.8 Å². The highest BCUT2D eigenvalue weighted by Crippen LogP contribution is 2.12. The molecular weight excluding hydrogens is 110 g/mol. The summed E-state index contributed by atoms with van der Waals surface area (Å²) in [4.78, 5) is 0. The molecule has 1 aliphatic rings. The van der Waals surface area contributed by atoms with Gasteiger partial charge in [-0.15, -0.1) is 6.58 Å². The summed E-state index contributed by atoms with van der Waals surface area (Å²) in [6, 6.07) is 0.478. The Kier molecular flexibility index (Phi) is 2.06. The highest BCUT2D eigenvalue weighted by atomic mass is 14.9. The van der Waals surface area contributed by atoms with E-state index in [0.29, 0.717) is 6.04 Å². The number of piperidine rings is 1. The molecule has 0 bridgehead atoms. The van der Waals surface area contributed by atoms with Crippen LogP contribution >= 0.6 is 0 Å². The summed E-state index contributed by atoms with van der Waals surface area (Å²) in [5.74, 6) is 0. The zero-order valence-corrected chi connectivity index (χ0v) is 5.69. The van der Waals surface area contributed by atoms with Crippen LogP contribution in [0.15, 0.2) is 24.8 Å². The lowest BCUT2D eigenvalue weighted by molar-refractivity contribution is 0.532. The first-order valence-corrected chi connectivity index (χ1v) is 3.35. The van der Waals surface area contributed by atoms with Crippen LogP contribution < -0.4 is 5.32 Å². The molecule has 0 aromatic carbocycles. The molecule has 0 radical (unpaired) electrons. The molecule has 1 rings (SSSR count). The standard InChI is InChI=1S/C8H13N/c1-3-8-6-7(2)4-5-9-8/h3,8-9H,1-2,4-6H2. The van der Waals surface area contributed by atoms with E-state index in [4.69, 9.17) is 0 Å². The molecule has 9 heavy (non-hydrogen) atoms. The van der Waals surface area contributed by atoms with Crippen LogP contribution in [0.1, 0.15) is 12.8 Å². The van der Waals surface area contributed by atoms with E-state index in [9.17, 15) is 0 Å². The fourth-order valence-electron chi connectivity index (χ4n) is 1.09. The normalized spacial score (nSPS) is 28.0. The van der Waals surface area contributed by atoms with Crippen molar-refractivity contribution >= 4 is 0 Å². The van der Waals surface area contributed by atoms with E-state index in [2.05, 4.69) is 18.5 Å². The van der Waals surface area contributed by atoms with E-state index in [-0.39, 0.29) is 0 Å². The van der Waals surface area contributed by atoms with Gasteiger partial charge in [0.1, 0.15) is 0 Å². The SMILES string of the molecule is C=CC1CC(=C)CCN1. The minimum absolute atomic E-state index is 0.478. The van der Waals surface area contributed by atoms with Gasteiger partial charge in [0, 0.05) is 6.04 Å². The van der Waals surface area contributed by atoms with Crippen molar-refractivity contribution in [2.45, 2.75) is 18.9 Å². The average Bonchev–Trinajstić information content (AvgIpc) is 1.88. The van der Waals surface area contributed by atoms with E-state index in [1.165, 1.54) is 5.57 Å². The maximum Gasteiger partial charge on any atom is 0.0284 e. The molecule has 1 nitrogen and oxygen atoms in total. The van der Waals surface area contributed by atoms with Crippen molar-refractivity contribution in [2.24, 2.45) is 0 Å². The number of rotatable bonds is 1. The third-order valence-corrected chi connectivity index (χ3v) is 1.68. The summed E-state index contributed by atoms with van der Waals surface area (Å²) in [5.41, 5.74) is 1.35. The first-order chi connectivity index (χ1) is 4.33. The summed E-state index contributed by atoms with van der Waals surface area (Å²) in [7, 11) is 0. The van der Waals surface area contributed by atoms with E-state index in [1.807, 2.05) is 6.08 Å². The zero-order valence-electron chi connectivity index (χ0n) is 5.69. The van der Waals surface area contributed by atoms with E-state index < -0.39 is 0 Å². The van der Waals surface area contributed by atoms with Gasteiger partial charge in [0.15, 0.2) is 0 Å². The Morgan fingerprint density at radius 1 is 1.67 bits per heavy atom. The van der Waals surface area contributed by atoms with Crippen molar-refractivity contribution in [3.8, 4) is 0 Å². The van der Waals surface area contributed by atoms with Gasteiger partial charge in [-0.1, -0.05) is 18.2 Å². The van der Waals surface area contributed by atoms with Crippen molar-refractivity contribution in [1.82, 2.24) is 5.32 Å². The molecule has 50 valence electrons. The third kappa shape index (κ3) is 1.68. The van der Waals surface area contributed by atoms with Crippen LogP contribution in [0.2, 0.25) is 0 Å². The van der Waals surface area contributed by atoms with Gasteiger partial charge in [-0.25, -0.2) is 0 Å². The van der Waals surface area contributed by atoms with Gasteiger partial charge in [0.05, 0.1) is 0 Å². The highest BCUT2D eigenvalue weighted by molar-refractivity contribution is 5.06. The van der Waals surface area contributed by atoms with Crippen LogP contribution in [0.4, 0.5) is 0 Å². The van der Waals surface area contributed by atoms with E-state index in [1.54, 1.807) is 0 Å². The number of nitrogens with one attached hydrogen (secondary N) is 1. The van der Waals surface area contributed by atoms with Gasteiger partial charge in [0.2, 0.25) is 0 Å². The Balaban J connectivity index is 2.40. The molecular formula is C8H13N. The Bertz CT molecular complexity index is 127. The topological polar surface area (TPSA) is 12.0 Å². The Morgan fingerprint density at radius 2 is 2.44 bits per heavy atom. The van der Waals surface area contributed by atoms with Crippen LogP contribution in [-0.4, -0.2) is 12.6 Å². The Morgan fingerprint density at radius 3 is 2.89 bits per heavy atom. The molecule has 1 atom stereocenters. The molecule has 0 aromatic heterocycles. The Labute approximate surface area is 56.5 Å². The quantitative estimate of drug-likeness (QED) is 0.521. The molecule has 1 heteroatoms. The minimum atomic E-state index is 0.478. The molecule has 1 heterocycles. The zero-order chi connectivity index (χ0) is 6.69. The lowest BCUT2D eigenvalue weighted by Crippen LogP contribution is -2.32. The van der Waals surface area contributed by atoms with Crippen LogP contribution in [0.25, 0.3) is 0 Å². The Hall–Kier alpha value is -0.560. The van der Waals surface area contributed by atoms with Gasteiger partial charge in [0.25, 0.3) is 0 Å². The predicted octanol–water partition coefficient (Wildman–Crippen LogP) is 1.48. The van der Waals surface area contributed by atoms with Gasteiger partial charge < -0.3 is 5.32 Å². The van der Waals surface area contributed by atoms with E-state index in [0.717, 1.165) is 19.4 Å². The van der Waals surface area contributed by atoms with Crippen LogP contribution in [0, 0.1) is 0 Å². The van der Waals surface area contributed by atoms with Crippen molar-refractivity contribution < 1.29 is 0 Å². The maximum absolute atomic E-state index is 3.92. The molecule has 1 saturated heterocycles. The summed E-state index contributed by atoms with van der Waals surface area (Å²) in [6.07, 6.45) is 4.15. The smallest absolute Gasteiger partial charge is 0.0284 e. The molecule has 0 amide bonds. The second-order valence-corrected chi connectivity index (χ2v) is 2.50. The average molecular weight is 123 g/mol. The van der Waals surface area contributed by atoms with Gasteiger partial charge in [-0.2, -0.15) is 0 Å². The molecule has 1 N–H and O–H groups in total. The first-order valence-electron chi connectivity index (χ1n) is 3.35. The van der Waals surface area contributed by atoms with Gasteiger partial charge >= 0.3 is 0 Å². The summed E-state index contributed by atoms with van der Waals surface area (Å²) < 4.78 is 0. The lowest BCUT2D eigenvalue weighted by atomic mass is 10.0. The largest absolute Gasteiger partial charge is 0.310 e. The first kappa shape index (κ1) is 6.56. The van der Waals surface area contributed by atoms with Crippen molar-refractivity contribution in [2.75, 3.05) is 6.54 Å². The van der Waals surface area contributed by atoms with Crippen LogP contribution in [0.5, 0.6) is 0 Å². The molecule has 0 saturated carbocycles. The monoisotopic (exact) mass is 123 g/mol. The summed E-state index contributed by atoms with van der Waals surface area (Å²) >= 11 is 0. The van der Waals surface area contributed by atoms with Crippen molar-refractivity contribution in [3.63, 3.8) is 0 Å². The maximum atomic E-state index is 3.92. The fraction of sp³-hybridized carbons (Fsp3) is 0.500. The van der Waals surface area contributed by atoms with E-state index >= 15 is 0 Å². The third-order valence-electron chi connectivity index (χ3n) is 1.68.